The molecule has 1 aromatic carbocycles. The second-order valence-corrected chi connectivity index (χ2v) is 7.39. The van der Waals surface area contributed by atoms with Crippen LogP contribution in [0.15, 0.2) is 30.6 Å². The van der Waals surface area contributed by atoms with Crippen molar-refractivity contribution >= 4 is 10.9 Å². The van der Waals surface area contributed by atoms with Crippen molar-refractivity contribution in [3.05, 3.63) is 42.0 Å². The van der Waals surface area contributed by atoms with Gasteiger partial charge in [0.15, 0.2) is 17.8 Å². The third-order valence-corrected chi connectivity index (χ3v) is 5.53. The minimum absolute atomic E-state index is 0.0398. The summed E-state index contributed by atoms with van der Waals surface area (Å²) in [7, 11) is 1.50. The van der Waals surface area contributed by atoms with E-state index in [1.807, 2.05) is 29.2 Å². The smallest absolute Gasteiger partial charge is 0.165 e. The number of aromatic nitrogens is 3. The molecular weight excluding hydrogens is 345 g/mol. The van der Waals surface area contributed by atoms with Gasteiger partial charge in [0.25, 0.3) is 0 Å². The normalized spacial score (nSPS) is 20.1. The Hall–Kier alpha value is -2.47. The summed E-state index contributed by atoms with van der Waals surface area (Å²) in [6, 6.07) is 5.39. The molecule has 1 atom stereocenters. The van der Waals surface area contributed by atoms with Crippen LogP contribution in [0.4, 0.5) is 4.39 Å². The number of pyridine rings is 1. The lowest BCUT2D eigenvalue weighted by Crippen LogP contribution is -2.19. The maximum atomic E-state index is 14.4. The molecule has 2 aromatic heterocycles. The highest BCUT2D eigenvalue weighted by molar-refractivity contribution is 5.83. The Morgan fingerprint density at radius 1 is 1.15 bits per heavy atom. The molecule has 1 saturated carbocycles. The van der Waals surface area contributed by atoms with Gasteiger partial charge in [-0.1, -0.05) is 0 Å². The SMILES string of the molecule is COc1cc(C2CC2)c(-c2cc3c(cn2)cnn3C2CCCCO2)cc1F. The zero-order valence-corrected chi connectivity index (χ0v) is 15.3. The quantitative estimate of drug-likeness (QED) is 0.663. The number of halogens is 1. The number of fused-ring (bicyclic) bond motifs is 1. The van der Waals surface area contributed by atoms with E-state index in [2.05, 4.69) is 10.1 Å². The molecule has 2 fully saturated rings. The molecule has 1 unspecified atom stereocenters. The lowest BCUT2D eigenvalue weighted by atomic mass is 9.99. The Labute approximate surface area is 157 Å². The predicted molar refractivity (Wildman–Crippen MR) is 100 cm³/mol. The molecule has 2 aliphatic rings. The number of nitrogens with zero attached hydrogens (tertiary/aromatic N) is 3. The van der Waals surface area contributed by atoms with Gasteiger partial charge in [0.05, 0.1) is 24.5 Å². The molecule has 0 spiro atoms. The van der Waals surface area contributed by atoms with Gasteiger partial charge >= 0.3 is 0 Å². The second-order valence-electron chi connectivity index (χ2n) is 7.39. The minimum atomic E-state index is -0.358. The van der Waals surface area contributed by atoms with Crippen LogP contribution >= 0.6 is 0 Å². The van der Waals surface area contributed by atoms with E-state index < -0.39 is 0 Å². The molecule has 0 radical (unpaired) electrons. The molecule has 5 rings (SSSR count). The number of ether oxygens (including phenoxy) is 2. The van der Waals surface area contributed by atoms with Gasteiger partial charge in [-0.2, -0.15) is 5.10 Å². The zero-order chi connectivity index (χ0) is 18.4. The highest BCUT2D eigenvalue weighted by Crippen LogP contribution is 2.46. The largest absolute Gasteiger partial charge is 0.494 e. The first-order chi connectivity index (χ1) is 13.2. The van der Waals surface area contributed by atoms with Crippen LogP contribution in [0.25, 0.3) is 22.2 Å². The molecular formula is C21H22FN3O2. The van der Waals surface area contributed by atoms with Gasteiger partial charge < -0.3 is 9.47 Å². The van der Waals surface area contributed by atoms with Crippen molar-refractivity contribution in [1.82, 2.24) is 14.8 Å². The Morgan fingerprint density at radius 2 is 2.04 bits per heavy atom. The fourth-order valence-electron chi connectivity index (χ4n) is 3.91. The standard InChI is InChI=1S/C21H22FN3O2/c1-26-20-9-15(13-5-6-13)16(8-17(20)22)18-10-19-14(11-23-18)12-24-25(19)21-4-2-3-7-27-21/h8-13,21H,2-7H2,1H3. The third kappa shape index (κ3) is 2.98. The Bertz CT molecular complexity index is 991. The van der Waals surface area contributed by atoms with Crippen LogP contribution in [0.1, 0.15) is 49.8 Å². The number of hydrogen-bond acceptors (Lipinski definition) is 4. The molecule has 0 N–H and O–H groups in total. The van der Waals surface area contributed by atoms with E-state index in [1.54, 1.807) is 6.07 Å². The molecule has 6 heteroatoms. The lowest BCUT2D eigenvalue weighted by Gasteiger charge is -2.23. The second kappa shape index (κ2) is 6.60. The summed E-state index contributed by atoms with van der Waals surface area (Å²) in [6.07, 6.45) is 9.03. The number of rotatable bonds is 4. The van der Waals surface area contributed by atoms with Gasteiger partial charge in [0, 0.05) is 23.8 Å². The van der Waals surface area contributed by atoms with Gasteiger partial charge in [-0.3, -0.25) is 4.98 Å². The molecule has 0 bridgehead atoms. The molecule has 27 heavy (non-hydrogen) atoms. The highest BCUT2D eigenvalue weighted by Gasteiger charge is 2.29. The van der Waals surface area contributed by atoms with Gasteiger partial charge in [0.1, 0.15) is 0 Å². The average Bonchev–Trinajstić information content (AvgIpc) is 3.47. The van der Waals surface area contributed by atoms with Gasteiger partial charge in [0.2, 0.25) is 0 Å². The first kappa shape index (κ1) is 16.7. The molecule has 1 aliphatic carbocycles. The lowest BCUT2D eigenvalue weighted by molar-refractivity contribution is -0.0366. The maximum Gasteiger partial charge on any atom is 0.165 e. The number of methoxy groups -OCH3 is 1. The van der Waals surface area contributed by atoms with Gasteiger partial charge in [-0.05, 0) is 61.8 Å². The predicted octanol–water partition coefficient (Wildman–Crippen LogP) is 4.82. The molecule has 1 aliphatic heterocycles. The van der Waals surface area contributed by atoms with E-state index in [-0.39, 0.29) is 12.0 Å². The van der Waals surface area contributed by atoms with Crippen LogP contribution in [0, 0.1) is 5.82 Å². The summed E-state index contributed by atoms with van der Waals surface area (Å²) in [5, 5.41) is 5.49. The summed E-state index contributed by atoms with van der Waals surface area (Å²) in [5.41, 5.74) is 3.70. The monoisotopic (exact) mass is 367 g/mol. The summed E-state index contributed by atoms with van der Waals surface area (Å²) >= 11 is 0. The third-order valence-electron chi connectivity index (χ3n) is 5.53. The first-order valence-corrected chi connectivity index (χ1v) is 9.57. The van der Waals surface area contributed by atoms with Gasteiger partial charge in [-0.25, -0.2) is 9.07 Å². The zero-order valence-electron chi connectivity index (χ0n) is 15.3. The van der Waals surface area contributed by atoms with Crippen molar-refractivity contribution in [1.29, 1.82) is 0 Å². The van der Waals surface area contributed by atoms with E-state index in [4.69, 9.17) is 9.47 Å². The molecule has 5 nitrogen and oxygen atoms in total. The van der Waals surface area contributed by atoms with Crippen LogP contribution in [0.2, 0.25) is 0 Å². The van der Waals surface area contributed by atoms with Crippen molar-refractivity contribution in [2.75, 3.05) is 13.7 Å². The topological polar surface area (TPSA) is 49.2 Å². The summed E-state index contributed by atoms with van der Waals surface area (Å²) in [4.78, 5) is 4.60. The van der Waals surface area contributed by atoms with E-state index in [1.165, 1.54) is 7.11 Å². The summed E-state index contributed by atoms with van der Waals surface area (Å²) in [6.45, 7) is 0.763. The van der Waals surface area contributed by atoms with Crippen molar-refractivity contribution in [3.8, 4) is 17.0 Å². The van der Waals surface area contributed by atoms with Crippen molar-refractivity contribution in [2.45, 2.75) is 44.2 Å². The molecule has 0 amide bonds. The molecule has 3 heterocycles. The Balaban J connectivity index is 1.62. The van der Waals surface area contributed by atoms with E-state index in [9.17, 15) is 4.39 Å². The number of hydrogen-bond donors (Lipinski definition) is 0. The van der Waals surface area contributed by atoms with Gasteiger partial charge in [-0.15, -0.1) is 0 Å². The summed E-state index contributed by atoms with van der Waals surface area (Å²) in [5.74, 6) is 0.392. The van der Waals surface area contributed by atoms with E-state index in [0.29, 0.717) is 11.7 Å². The fraction of sp³-hybridized carbons (Fsp3) is 0.429. The van der Waals surface area contributed by atoms with Crippen LogP contribution in [-0.4, -0.2) is 28.5 Å². The van der Waals surface area contributed by atoms with Crippen molar-refractivity contribution in [3.63, 3.8) is 0 Å². The maximum absolute atomic E-state index is 14.4. The highest BCUT2D eigenvalue weighted by atomic mass is 19.1. The summed E-state index contributed by atoms with van der Waals surface area (Å²) < 4.78 is 27.5. The first-order valence-electron chi connectivity index (χ1n) is 9.57. The van der Waals surface area contributed by atoms with Crippen LogP contribution in [-0.2, 0) is 4.74 Å². The molecule has 3 aromatic rings. The average molecular weight is 367 g/mol. The van der Waals surface area contributed by atoms with Crippen LogP contribution < -0.4 is 4.74 Å². The Kier molecular flexibility index (Phi) is 4.08. The molecule has 140 valence electrons. The molecule has 1 saturated heterocycles. The number of benzene rings is 1. The minimum Gasteiger partial charge on any atom is -0.494 e. The van der Waals surface area contributed by atoms with Crippen LogP contribution in [0.5, 0.6) is 5.75 Å². The van der Waals surface area contributed by atoms with E-state index >= 15 is 0 Å². The van der Waals surface area contributed by atoms with Crippen molar-refractivity contribution in [2.24, 2.45) is 0 Å². The Morgan fingerprint density at radius 3 is 2.78 bits per heavy atom. The van der Waals surface area contributed by atoms with Crippen molar-refractivity contribution < 1.29 is 13.9 Å². The van der Waals surface area contributed by atoms with E-state index in [0.717, 1.165) is 66.4 Å². The fourth-order valence-corrected chi connectivity index (χ4v) is 3.91. The van der Waals surface area contributed by atoms with Crippen LogP contribution in [0.3, 0.4) is 0 Å².